The number of hydrogen-bond donors (Lipinski definition) is 2. The van der Waals surface area contributed by atoms with Crippen molar-refractivity contribution in [2.45, 2.75) is 12.8 Å². The van der Waals surface area contributed by atoms with Gasteiger partial charge in [0.1, 0.15) is 5.82 Å². The SMILES string of the molecule is COC(=O)c1ccccc1Nc1ccc(NC(=O)C2CC2)cn1. The van der Waals surface area contributed by atoms with Gasteiger partial charge in [-0.15, -0.1) is 0 Å². The van der Waals surface area contributed by atoms with Crippen LogP contribution in [0.4, 0.5) is 17.2 Å². The summed E-state index contributed by atoms with van der Waals surface area (Å²) in [6.07, 6.45) is 3.51. The zero-order chi connectivity index (χ0) is 16.2. The largest absolute Gasteiger partial charge is 0.465 e. The van der Waals surface area contributed by atoms with Gasteiger partial charge in [-0.05, 0) is 37.1 Å². The van der Waals surface area contributed by atoms with Gasteiger partial charge in [-0.3, -0.25) is 4.79 Å². The molecule has 6 heteroatoms. The van der Waals surface area contributed by atoms with Crippen LogP contribution in [-0.4, -0.2) is 24.0 Å². The molecule has 2 N–H and O–H groups in total. The quantitative estimate of drug-likeness (QED) is 0.830. The Kier molecular flexibility index (Phi) is 4.23. The molecule has 23 heavy (non-hydrogen) atoms. The monoisotopic (exact) mass is 311 g/mol. The zero-order valence-corrected chi connectivity index (χ0v) is 12.7. The second-order valence-corrected chi connectivity index (χ2v) is 5.36. The van der Waals surface area contributed by atoms with Gasteiger partial charge in [0.25, 0.3) is 0 Å². The molecule has 1 aliphatic carbocycles. The van der Waals surface area contributed by atoms with Crippen molar-refractivity contribution in [1.82, 2.24) is 4.98 Å². The molecule has 1 fully saturated rings. The molecule has 0 saturated heterocycles. The molecule has 118 valence electrons. The summed E-state index contributed by atoms with van der Waals surface area (Å²) in [5.41, 5.74) is 1.71. The number of aromatic nitrogens is 1. The summed E-state index contributed by atoms with van der Waals surface area (Å²) in [4.78, 5) is 27.7. The molecule has 0 radical (unpaired) electrons. The molecule has 0 aliphatic heterocycles. The Bertz CT molecular complexity index is 724. The zero-order valence-electron chi connectivity index (χ0n) is 12.7. The van der Waals surface area contributed by atoms with E-state index in [1.165, 1.54) is 7.11 Å². The molecule has 0 atom stereocenters. The molecular weight excluding hydrogens is 294 g/mol. The van der Waals surface area contributed by atoms with E-state index in [0.717, 1.165) is 12.8 Å². The summed E-state index contributed by atoms with van der Waals surface area (Å²) < 4.78 is 4.76. The molecule has 0 bridgehead atoms. The van der Waals surface area contributed by atoms with E-state index in [2.05, 4.69) is 15.6 Å². The maximum absolute atomic E-state index is 11.7. The number of carbonyl (C=O) groups excluding carboxylic acids is 2. The lowest BCUT2D eigenvalue weighted by atomic mass is 10.2. The average Bonchev–Trinajstić information content (AvgIpc) is 3.41. The molecule has 6 nitrogen and oxygen atoms in total. The van der Waals surface area contributed by atoms with Crippen LogP contribution in [0, 0.1) is 5.92 Å². The number of esters is 1. The molecule has 1 aromatic carbocycles. The van der Waals surface area contributed by atoms with E-state index in [-0.39, 0.29) is 11.8 Å². The van der Waals surface area contributed by atoms with Gasteiger partial charge >= 0.3 is 5.97 Å². The van der Waals surface area contributed by atoms with E-state index >= 15 is 0 Å². The second-order valence-electron chi connectivity index (χ2n) is 5.36. The number of carbonyl (C=O) groups is 2. The molecular formula is C17H17N3O3. The van der Waals surface area contributed by atoms with E-state index in [0.29, 0.717) is 22.8 Å². The van der Waals surface area contributed by atoms with E-state index in [4.69, 9.17) is 4.74 Å². The number of para-hydroxylation sites is 1. The predicted molar refractivity (Wildman–Crippen MR) is 86.7 cm³/mol. The highest BCUT2D eigenvalue weighted by Crippen LogP contribution is 2.30. The first-order valence-electron chi connectivity index (χ1n) is 7.38. The number of hydrogen-bond acceptors (Lipinski definition) is 5. The van der Waals surface area contributed by atoms with Gasteiger partial charge in [0.05, 0.1) is 30.2 Å². The van der Waals surface area contributed by atoms with Crippen molar-refractivity contribution < 1.29 is 14.3 Å². The van der Waals surface area contributed by atoms with Gasteiger partial charge in [-0.2, -0.15) is 0 Å². The Balaban J connectivity index is 1.71. The van der Waals surface area contributed by atoms with Crippen LogP contribution in [0.2, 0.25) is 0 Å². The number of ether oxygens (including phenoxy) is 1. The third kappa shape index (κ3) is 3.66. The van der Waals surface area contributed by atoms with Crippen molar-refractivity contribution in [1.29, 1.82) is 0 Å². The first kappa shape index (κ1) is 15.0. The fourth-order valence-electron chi connectivity index (χ4n) is 2.15. The Morgan fingerprint density at radius 1 is 1.17 bits per heavy atom. The summed E-state index contributed by atoms with van der Waals surface area (Å²) in [7, 11) is 1.34. The van der Waals surface area contributed by atoms with Crippen LogP contribution < -0.4 is 10.6 Å². The van der Waals surface area contributed by atoms with E-state index in [1.54, 1.807) is 36.5 Å². The molecule has 3 rings (SSSR count). The van der Waals surface area contributed by atoms with Gasteiger partial charge in [-0.25, -0.2) is 9.78 Å². The predicted octanol–water partition coefficient (Wildman–Crippen LogP) is 2.96. The highest BCUT2D eigenvalue weighted by Gasteiger charge is 2.29. The van der Waals surface area contributed by atoms with Crippen LogP contribution in [0.1, 0.15) is 23.2 Å². The molecule has 1 aliphatic rings. The number of methoxy groups -OCH3 is 1. The van der Waals surface area contributed by atoms with Crippen LogP contribution in [0.25, 0.3) is 0 Å². The van der Waals surface area contributed by atoms with Crippen molar-refractivity contribution in [3.05, 3.63) is 48.2 Å². The molecule has 0 unspecified atom stereocenters. The topological polar surface area (TPSA) is 80.3 Å². The smallest absolute Gasteiger partial charge is 0.339 e. The van der Waals surface area contributed by atoms with Crippen LogP contribution in [-0.2, 0) is 9.53 Å². The van der Waals surface area contributed by atoms with Crippen LogP contribution in [0.5, 0.6) is 0 Å². The fraction of sp³-hybridized carbons (Fsp3) is 0.235. The first-order chi connectivity index (χ1) is 11.2. The number of pyridine rings is 1. The number of anilines is 3. The van der Waals surface area contributed by atoms with Crippen LogP contribution in [0.15, 0.2) is 42.6 Å². The lowest BCUT2D eigenvalue weighted by Crippen LogP contribution is -2.13. The van der Waals surface area contributed by atoms with Crippen LogP contribution >= 0.6 is 0 Å². The minimum atomic E-state index is -0.415. The molecule has 1 heterocycles. The highest BCUT2D eigenvalue weighted by atomic mass is 16.5. The number of benzene rings is 1. The van der Waals surface area contributed by atoms with Gasteiger partial charge in [0.15, 0.2) is 0 Å². The molecule has 0 spiro atoms. The maximum Gasteiger partial charge on any atom is 0.339 e. The van der Waals surface area contributed by atoms with Crippen LogP contribution in [0.3, 0.4) is 0 Å². The molecule has 1 amide bonds. The summed E-state index contributed by atoms with van der Waals surface area (Å²) in [6.45, 7) is 0. The fourth-order valence-corrected chi connectivity index (χ4v) is 2.15. The summed E-state index contributed by atoms with van der Waals surface area (Å²) in [5.74, 6) is 0.357. The number of nitrogens with zero attached hydrogens (tertiary/aromatic N) is 1. The maximum atomic E-state index is 11.7. The minimum absolute atomic E-state index is 0.0450. The summed E-state index contributed by atoms with van der Waals surface area (Å²) >= 11 is 0. The summed E-state index contributed by atoms with van der Waals surface area (Å²) in [6, 6.07) is 10.6. The standard InChI is InChI=1S/C17H17N3O3/c1-23-17(22)13-4-2-3-5-14(13)20-15-9-8-12(10-18-15)19-16(21)11-6-7-11/h2-5,8-11H,6-7H2,1H3,(H,18,20)(H,19,21). The minimum Gasteiger partial charge on any atom is -0.465 e. The van der Waals surface area contributed by atoms with Crippen molar-refractivity contribution >= 4 is 29.1 Å². The highest BCUT2D eigenvalue weighted by molar-refractivity contribution is 5.96. The van der Waals surface area contributed by atoms with Gasteiger partial charge in [0.2, 0.25) is 5.91 Å². The van der Waals surface area contributed by atoms with Crippen molar-refractivity contribution in [3.8, 4) is 0 Å². The lowest BCUT2D eigenvalue weighted by molar-refractivity contribution is -0.117. The van der Waals surface area contributed by atoms with E-state index < -0.39 is 5.97 Å². The Morgan fingerprint density at radius 2 is 1.96 bits per heavy atom. The van der Waals surface area contributed by atoms with Crippen molar-refractivity contribution in [2.75, 3.05) is 17.7 Å². The lowest BCUT2D eigenvalue weighted by Gasteiger charge is -2.10. The Labute approximate surface area is 133 Å². The molecule has 1 aromatic heterocycles. The Hall–Kier alpha value is -2.89. The van der Waals surface area contributed by atoms with Gasteiger partial charge in [0, 0.05) is 5.92 Å². The van der Waals surface area contributed by atoms with Gasteiger partial charge < -0.3 is 15.4 Å². The van der Waals surface area contributed by atoms with E-state index in [1.807, 2.05) is 6.07 Å². The number of rotatable bonds is 5. The summed E-state index contributed by atoms with van der Waals surface area (Å²) in [5, 5.41) is 5.91. The normalized spacial score (nSPS) is 13.3. The second kappa shape index (κ2) is 6.48. The van der Waals surface area contributed by atoms with Gasteiger partial charge in [-0.1, -0.05) is 12.1 Å². The molecule has 2 aromatic rings. The average molecular weight is 311 g/mol. The molecule has 1 saturated carbocycles. The first-order valence-corrected chi connectivity index (χ1v) is 7.38. The van der Waals surface area contributed by atoms with Crippen molar-refractivity contribution in [3.63, 3.8) is 0 Å². The van der Waals surface area contributed by atoms with E-state index in [9.17, 15) is 9.59 Å². The Morgan fingerprint density at radius 3 is 2.61 bits per heavy atom. The third-order valence-corrected chi connectivity index (χ3v) is 3.57. The number of nitrogens with one attached hydrogen (secondary N) is 2. The van der Waals surface area contributed by atoms with Crippen molar-refractivity contribution in [2.24, 2.45) is 5.92 Å². The third-order valence-electron chi connectivity index (χ3n) is 3.57. The number of amides is 1.